The summed E-state index contributed by atoms with van der Waals surface area (Å²) in [6, 6.07) is 2.21. The van der Waals surface area contributed by atoms with E-state index in [1.807, 2.05) is 0 Å². The van der Waals surface area contributed by atoms with E-state index in [9.17, 15) is 22.4 Å². The molecule has 1 aromatic rings. The van der Waals surface area contributed by atoms with Crippen LogP contribution in [0.2, 0.25) is 5.02 Å². The van der Waals surface area contributed by atoms with E-state index < -0.39 is 39.0 Å². The minimum atomic E-state index is -3.67. The van der Waals surface area contributed by atoms with Gasteiger partial charge in [0.25, 0.3) is 0 Å². The average Bonchev–Trinajstić information content (AvgIpc) is 2.67. The highest BCUT2D eigenvalue weighted by Gasteiger charge is 2.28. The largest absolute Gasteiger partial charge is 0.396 e. The molecule has 0 aromatic heterocycles. The van der Waals surface area contributed by atoms with Crippen LogP contribution in [0.5, 0.6) is 0 Å². The van der Waals surface area contributed by atoms with E-state index in [0.717, 1.165) is 31.4 Å². The molecule has 0 amide bonds. The molecule has 0 bridgehead atoms. The number of carbonyl (C=O) groups is 2. The molecule has 1 aliphatic carbocycles. The Morgan fingerprint density at radius 3 is 2.48 bits per heavy atom. The Labute approximate surface area is 163 Å². The maximum absolute atomic E-state index is 14.2. The van der Waals surface area contributed by atoms with Gasteiger partial charge in [-0.3, -0.25) is 9.59 Å². The van der Waals surface area contributed by atoms with Gasteiger partial charge in [0.2, 0.25) is 10.0 Å². The summed E-state index contributed by atoms with van der Waals surface area (Å²) in [6.07, 6.45) is 3.98. The Morgan fingerprint density at radius 1 is 1.19 bits per heavy atom. The van der Waals surface area contributed by atoms with Gasteiger partial charge in [0.15, 0.2) is 17.4 Å². The molecule has 0 aliphatic heterocycles. The molecule has 1 fully saturated rings. The first-order valence-electron chi connectivity index (χ1n) is 8.91. The summed E-state index contributed by atoms with van der Waals surface area (Å²) in [4.78, 5) is 24.4. The Morgan fingerprint density at radius 2 is 1.85 bits per heavy atom. The highest BCUT2D eigenvalue weighted by atomic mass is 35.5. The lowest BCUT2D eigenvalue weighted by atomic mass is 10.0. The predicted octanol–water partition coefficient (Wildman–Crippen LogP) is 2.87. The van der Waals surface area contributed by atoms with Crippen molar-refractivity contribution in [3.8, 4) is 0 Å². The first-order chi connectivity index (χ1) is 12.8. The van der Waals surface area contributed by atoms with Gasteiger partial charge in [0.05, 0.1) is 22.4 Å². The van der Waals surface area contributed by atoms with Gasteiger partial charge >= 0.3 is 0 Å². The number of ketones is 2. The summed E-state index contributed by atoms with van der Waals surface area (Å²) in [6.45, 7) is -0.768. The van der Waals surface area contributed by atoms with Gasteiger partial charge in [-0.1, -0.05) is 30.9 Å². The molecule has 0 spiro atoms. The maximum Gasteiger partial charge on any atom is 0.214 e. The van der Waals surface area contributed by atoms with E-state index in [4.69, 9.17) is 16.7 Å². The lowest BCUT2D eigenvalue weighted by molar-refractivity contribution is 0.0971. The number of sulfonamides is 1. The van der Waals surface area contributed by atoms with Crippen LogP contribution in [0.1, 0.15) is 65.7 Å². The van der Waals surface area contributed by atoms with Crippen molar-refractivity contribution in [2.45, 2.75) is 50.2 Å². The van der Waals surface area contributed by atoms with Gasteiger partial charge in [0.1, 0.15) is 0 Å². The fourth-order valence-electron chi connectivity index (χ4n) is 3.09. The minimum absolute atomic E-state index is 0.0282. The lowest BCUT2D eigenvalue weighted by Crippen LogP contribution is -2.38. The van der Waals surface area contributed by atoms with Crippen LogP contribution in [0.3, 0.4) is 0 Å². The smallest absolute Gasteiger partial charge is 0.214 e. The summed E-state index contributed by atoms with van der Waals surface area (Å²) in [5.41, 5.74) is -0.380. The van der Waals surface area contributed by atoms with Crippen molar-refractivity contribution < 1.29 is 27.5 Å². The molecule has 9 heteroatoms. The first kappa shape index (κ1) is 21.9. The third kappa shape index (κ3) is 5.81. The molecule has 0 radical (unpaired) electrons. The van der Waals surface area contributed by atoms with E-state index in [0.29, 0.717) is 12.8 Å². The second-order valence-corrected chi connectivity index (χ2v) is 9.07. The first-order valence-corrected chi connectivity index (χ1v) is 10.8. The minimum Gasteiger partial charge on any atom is -0.396 e. The number of hydrogen-bond acceptors (Lipinski definition) is 5. The lowest BCUT2D eigenvalue weighted by Gasteiger charge is -2.21. The molecule has 0 heterocycles. The highest BCUT2D eigenvalue weighted by molar-refractivity contribution is 7.90. The van der Waals surface area contributed by atoms with Crippen LogP contribution in [0.4, 0.5) is 4.39 Å². The number of Topliss-reactive ketones (excluding diaryl/α,β-unsaturated/α-hetero) is 2. The van der Waals surface area contributed by atoms with Crippen molar-refractivity contribution in [2.24, 2.45) is 0 Å². The monoisotopic (exact) mass is 419 g/mol. The number of rotatable bonds is 9. The molecular formula is C18H23ClFNO5S. The maximum atomic E-state index is 14.2. The molecule has 2 N–H and O–H groups in total. The molecule has 150 valence electrons. The standard InChI is InChI=1S/C18H23ClFNO5S/c19-15-10-12(16(23)7-4-8-22)9-14(18(15)20)17(24)11-21-27(25,26)13-5-2-1-3-6-13/h9-10,13,21-22H,1-8,11H2. The Bertz CT molecular complexity index is 806. The normalized spacial score (nSPS) is 15.7. The van der Waals surface area contributed by atoms with E-state index in [1.54, 1.807) is 0 Å². The number of carbonyl (C=O) groups excluding carboxylic acids is 2. The van der Waals surface area contributed by atoms with E-state index in [2.05, 4.69) is 4.72 Å². The van der Waals surface area contributed by atoms with Crippen LogP contribution < -0.4 is 4.72 Å². The fraction of sp³-hybridized carbons (Fsp3) is 0.556. The number of nitrogens with one attached hydrogen (secondary N) is 1. The second kappa shape index (κ2) is 9.73. The molecule has 0 atom stereocenters. The molecule has 27 heavy (non-hydrogen) atoms. The predicted molar refractivity (Wildman–Crippen MR) is 100 cm³/mol. The molecule has 1 saturated carbocycles. The molecule has 1 aromatic carbocycles. The number of benzene rings is 1. The Hall–Kier alpha value is -1.35. The number of halogens is 2. The molecule has 0 saturated heterocycles. The van der Waals surface area contributed by atoms with Crippen LogP contribution in [-0.4, -0.2) is 43.5 Å². The van der Waals surface area contributed by atoms with Crippen LogP contribution >= 0.6 is 11.6 Å². The zero-order chi connectivity index (χ0) is 20.0. The van der Waals surface area contributed by atoms with E-state index in [1.165, 1.54) is 0 Å². The zero-order valence-corrected chi connectivity index (χ0v) is 16.4. The molecule has 0 unspecified atom stereocenters. The van der Waals surface area contributed by atoms with Crippen molar-refractivity contribution in [2.75, 3.05) is 13.2 Å². The summed E-state index contributed by atoms with van der Waals surface area (Å²) in [7, 11) is -3.67. The molecule has 6 nitrogen and oxygen atoms in total. The number of aliphatic hydroxyl groups excluding tert-OH is 1. The van der Waals surface area contributed by atoms with Crippen molar-refractivity contribution in [1.29, 1.82) is 0 Å². The summed E-state index contributed by atoms with van der Waals surface area (Å²) in [5, 5.41) is 7.87. The van der Waals surface area contributed by atoms with Crippen LogP contribution in [0.15, 0.2) is 12.1 Å². The summed E-state index contributed by atoms with van der Waals surface area (Å²) < 4.78 is 41.1. The van der Waals surface area contributed by atoms with Gasteiger partial charge < -0.3 is 5.11 Å². The molecule has 1 aliphatic rings. The quantitative estimate of drug-likeness (QED) is 0.599. The third-order valence-electron chi connectivity index (χ3n) is 4.64. The molecular weight excluding hydrogens is 397 g/mol. The highest BCUT2D eigenvalue weighted by Crippen LogP contribution is 2.24. The van der Waals surface area contributed by atoms with Crippen LogP contribution in [0.25, 0.3) is 0 Å². The topological polar surface area (TPSA) is 101 Å². The summed E-state index contributed by atoms with van der Waals surface area (Å²) >= 11 is 5.79. The number of aliphatic hydroxyl groups is 1. The van der Waals surface area contributed by atoms with Crippen molar-refractivity contribution >= 4 is 33.2 Å². The van der Waals surface area contributed by atoms with Crippen LogP contribution in [-0.2, 0) is 10.0 Å². The fourth-order valence-corrected chi connectivity index (χ4v) is 4.83. The van der Waals surface area contributed by atoms with Gasteiger partial charge in [-0.2, -0.15) is 0 Å². The van der Waals surface area contributed by atoms with Crippen LogP contribution in [0, 0.1) is 5.82 Å². The van der Waals surface area contributed by atoms with E-state index in [-0.39, 0.29) is 35.8 Å². The van der Waals surface area contributed by atoms with Gasteiger partial charge in [-0.05, 0) is 31.4 Å². The number of hydrogen-bond donors (Lipinski definition) is 2. The third-order valence-corrected chi connectivity index (χ3v) is 6.81. The zero-order valence-electron chi connectivity index (χ0n) is 14.8. The van der Waals surface area contributed by atoms with Crippen molar-refractivity contribution in [1.82, 2.24) is 4.72 Å². The van der Waals surface area contributed by atoms with Gasteiger partial charge in [0, 0.05) is 18.6 Å². The average molecular weight is 420 g/mol. The second-order valence-electron chi connectivity index (χ2n) is 6.62. The SMILES string of the molecule is O=C(CCCO)c1cc(Cl)c(F)c(C(=O)CNS(=O)(=O)C2CCCCC2)c1. The van der Waals surface area contributed by atoms with Gasteiger partial charge in [-0.25, -0.2) is 17.5 Å². The Balaban J connectivity index is 2.13. The summed E-state index contributed by atoms with van der Waals surface area (Å²) in [5.74, 6) is -2.18. The van der Waals surface area contributed by atoms with E-state index >= 15 is 0 Å². The molecule has 2 rings (SSSR count). The van der Waals surface area contributed by atoms with Crippen molar-refractivity contribution in [3.05, 3.63) is 34.1 Å². The Kier molecular flexibility index (Phi) is 7.91. The van der Waals surface area contributed by atoms with Gasteiger partial charge in [-0.15, -0.1) is 0 Å². The van der Waals surface area contributed by atoms with Crippen molar-refractivity contribution in [3.63, 3.8) is 0 Å².